The van der Waals surface area contributed by atoms with Gasteiger partial charge in [0.05, 0.1) is 8.07 Å². The molecule has 0 spiro atoms. The van der Waals surface area contributed by atoms with E-state index < -0.39 is 26.6 Å². The van der Waals surface area contributed by atoms with Crippen LogP contribution in [-0.4, -0.2) is 20.2 Å². The number of halogens is 5. The van der Waals surface area contributed by atoms with Gasteiger partial charge in [-0.2, -0.15) is 22.0 Å². The van der Waals surface area contributed by atoms with E-state index in [1.54, 1.807) is 12.1 Å². The third kappa shape index (κ3) is 6.36. The lowest BCUT2D eigenvalue weighted by Crippen LogP contribution is -2.41. The Hall–Kier alpha value is -0.913. The summed E-state index contributed by atoms with van der Waals surface area (Å²) in [6, 6.07) is 9.10. The van der Waals surface area contributed by atoms with Crippen LogP contribution in [0, 0.1) is 5.92 Å². The largest absolute Gasteiger partial charge is 0.453 e. The molecule has 0 nitrogen and oxygen atoms in total. The van der Waals surface area contributed by atoms with E-state index in [2.05, 4.69) is 13.5 Å². The second-order valence-electron chi connectivity index (χ2n) is 10.8. The smallest absolute Gasteiger partial charge is 0.196 e. The van der Waals surface area contributed by atoms with Gasteiger partial charge in [-0.15, -0.1) is 0 Å². The van der Waals surface area contributed by atoms with Gasteiger partial charge in [0.15, 0.2) is 0 Å². The molecular formula is C26H39F5Si. The van der Waals surface area contributed by atoms with E-state index in [0.717, 1.165) is 29.9 Å². The minimum Gasteiger partial charge on any atom is -0.196 e. The Morgan fingerprint density at radius 1 is 0.844 bits per heavy atom. The van der Waals surface area contributed by atoms with Crippen molar-refractivity contribution in [1.29, 1.82) is 0 Å². The van der Waals surface area contributed by atoms with Gasteiger partial charge in [0.2, 0.25) is 0 Å². The molecule has 0 amide bonds. The van der Waals surface area contributed by atoms with Crippen LogP contribution in [-0.2, 0) is 6.42 Å². The molecule has 0 unspecified atom stereocenters. The topological polar surface area (TPSA) is 0 Å². The molecule has 3 rings (SSSR count). The third-order valence-corrected chi connectivity index (χ3v) is 13.9. The first-order valence-electron chi connectivity index (χ1n) is 12.6. The predicted octanol–water partition coefficient (Wildman–Crippen LogP) is 9.52. The van der Waals surface area contributed by atoms with E-state index in [-0.39, 0.29) is 5.56 Å². The van der Waals surface area contributed by atoms with Crippen LogP contribution in [0.25, 0.3) is 0 Å². The van der Waals surface area contributed by atoms with Crippen molar-refractivity contribution in [2.24, 2.45) is 5.92 Å². The first kappa shape index (κ1) is 25.7. The fraction of sp³-hybridized carbons (Fsp3) is 0.769. The fourth-order valence-electron chi connectivity index (χ4n) is 6.11. The minimum atomic E-state index is -5.50. The monoisotopic (exact) mass is 474 g/mol. The molecule has 1 aromatic rings. The number of hydrogen-bond donors (Lipinski definition) is 0. The van der Waals surface area contributed by atoms with Crippen LogP contribution in [0.3, 0.4) is 0 Å². The van der Waals surface area contributed by atoms with Gasteiger partial charge in [0, 0.05) is 6.42 Å². The minimum absolute atomic E-state index is 0.0433. The second kappa shape index (κ2) is 10.6. The molecule has 1 aliphatic carbocycles. The van der Waals surface area contributed by atoms with Crippen LogP contribution in [0.5, 0.6) is 0 Å². The number of rotatable bonds is 8. The lowest BCUT2D eigenvalue weighted by Gasteiger charge is -2.44. The average molecular weight is 475 g/mol. The molecule has 182 valence electrons. The maximum Gasteiger partial charge on any atom is 0.453 e. The number of benzene rings is 1. The molecule has 0 N–H and O–H groups in total. The Balaban J connectivity index is 1.49. The van der Waals surface area contributed by atoms with Crippen LogP contribution in [0.2, 0.25) is 24.2 Å². The molecule has 2 aliphatic rings. The summed E-state index contributed by atoms with van der Waals surface area (Å²) in [7, 11) is -1.27. The van der Waals surface area contributed by atoms with Crippen molar-refractivity contribution in [3.8, 4) is 0 Å². The highest BCUT2D eigenvalue weighted by Gasteiger charge is 2.57. The Morgan fingerprint density at radius 2 is 1.44 bits per heavy atom. The van der Waals surface area contributed by atoms with Gasteiger partial charge >= 0.3 is 12.1 Å². The van der Waals surface area contributed by atoms with Gasteiger partial charge < -0.3 is 0 Å². The highest BCUT2D eigenvalue weighted by molar-refractivity contribution is 6.80. The maximum absolute atomic E-state index is 13.3. The van der Waals surface area contributed by atoms with Gasteiger partial charge in [-0.1, -0.05) is 101 Å². The molecule has 6 heteroatoms. The molecule has 1 heterocycles. The van der Waals surface area contributed by atoms with Crippen molar-refractivity contribution >= 4 is 8.07 Å². The normalized spacial score (nSPS) is 29.8. The van der Waals surface area contributed by atoms with Crippen molar-refractivity contribution < 1.29 is 22.0 Å². The zero-order chi connectivity index (χ0) is 23.4. The lowest BCUT2D eigenvalue weighted by molar-refractivity contribution is -0.281. The fourth-order valence-corrected chi connectivity index (χ4v) is 10.9. The first-order chi connectivity index (χ1) is 15.0. The van der Waals surface area contributed by atoms with Crippen molar-refractivity contribution in [3.63, 3.8) is 0 Å². The average Bonchev–Trinajstić information content (AvgIpc) is 2.75. The Bertz CT molecular complexity index is 696. The van der Waals surface area contributed by atoms with Gasteiger partial charge in [0.1, 0.15) is 0 Å². The summed E-state index contributed by atoms with van der Waals surface area (Å²) >= 11 is 0. The highest BCUT2D eigenvalue weighted by atomic mass is 28.3. The van der Waals surface area contributed by atoms with Gasteiger partial charge in [-0.05, 0) is 41.3 Å². The zero-order valence-electron chi connectivity index (χ0n) is 19.6. The Morgan fingerprint density at radius 3 is 1.97 bits per heavy atom. The van der Waals surface area contributed by atoms with Crippen molar-refractivity contribution in [2.45, 2.75) is 120 Å². The molecule has 0 bridgehead atoms. The first-order valence-corrected chi connectivity index (χ1v) is 15.6. The molecule has 1 aliphatic heterocycles. The summed E-state index contributed by atoms with van der Waals surface area (Å²) in [6.45, 7) is 4.86. The molecule has 0 atom stereocenters. The van der Waals surface area contributed by atoms with Crippen LogP contribution in [0.4, 0.5) is 22.0 Å². The number of alkyl halides is 5. The van der Waals surface area contributed by atoms with E-state index >= 15 is 0 Å². The summed E-state index contributed by atoms with van der Waals surface area (Å²) in [5, 5.41) is 0. The molecule has 1 saturated carbocycles. The lowest BCUT2D eigenvalue weighted by atomic mass is 9.85. The van der Waals surface area contributed by atoms with E-state index in [1.807, 2.05) is 0 Å². The standard InChI is InChI=1S/C26H39F5Si/c1-3-4-5-6-20-9-13-24(14-10-20)32(2)17-15-23(16-18-32)22-11-7-21(8-12-22)19-25(27,28)26(29,30)31/h7-8,11-12,20,23-24H,3-6,9-10,13-19H2,1-2H3. The predicted molar refractivity (Wildman–Crippen MR) is 124 cm³/mol. The molecule has 1 aromatic carbocycles. The van der Waals surface area contributed by atoms with Crippen molar-refractivity contribution in [1.82, 2.24) is 0 Å². The maximum atomic E-state index is 13.3. The van der Waals surface area contributed by atoms with E-state index in [0.29, 0.717) is 5.92 Å². The van der Waals surface area contributed by atoms with Crippen LogP contribution in [0.1, 0.15) is 88.2 Å². The molecule has 1 saturated heterocycles. The number of unbranched alkanes of at least 4 members (excludes halogenated alkanes) is 2. The molecule has 2 fully saturated rings. The van der Waals surface area contributed by atoms with Gasteiger partial charge in [0.25, 0.3) is 0 Å². The van der Waals surface area contributed by atoms with Crippen LogP contribution < -0.4 is 0 Å². The second-order valence-corrected chi connectivity index (χ2v) is 15.9. The van der Waals surface area contributed by atoms with Gasteiger partial charge in [-0.3, -0.25) is 0 Å². The van der Waals surface area contributed by atoms with E-state index in [9.17, 15) is 22.0 Å². The highest BCUT2D eigenvalue weighted by Crippen LogP contribution is 2.50. The van der Waals surface area contributed by atoms with Crippen molar-refractivity contribution in [3.05, 3.63) is 35.4 Å². The van der Waals surface area contributed by atoms with E-state index in [4.69, 9.17) is 0 Å². The van der Waals surface area contributed by atoms with E-state index in [1.165, 1.54) is 75.6 Å². The molecule has 0 radical (unpaired) electrons. The summed E-state index contributed by atoms with van der Waals surface area (Å²) in [6.07, 6.45) is 6.57. The SMILES string of the molecule is CCCCCC1CCC([Si]2(C)CCC(c3ccc(CC(F)(F)C(F)(F)F)cc3)CC2)CC1. The summed E-state index contributed by atoms with van der Waals surface area (Å²) in [5.74, 6) is -3.32. The number of hydrogen-bond acceptors (Lipinski definition) is 0. The summed E-state index contributed by atoms with van der Waals surface area (Å²) < 4.78 is 64.0. The van der Waals surface area contributed by atoms with Crippen molar-refractivity contribution in [2.75, 3.05) is 0 Å². The third-order valence-electron chi connectivity index (χ3n) is 8.47. The zero-order valence-corrected chi connectivity index (χ0v) is 20.6. The molecule has 0 aromatic heterocycles. The Labute approximate surface area is 191 Å². The Kier molecular flexibility index (Phi) is 8.49. The van der Waals surface area contributed by atoms with Gasteiger partial charge in [-0.25, -0.2) is 0 Å². The quantitative estimate of drug-likeness (QED) is 0.200. The molecule has 32 heavy (non-hydrogen) atoms. The van der Waals surface area contributed by atoms with Crippen LogP contribution >= 0.6 is 0 Å². The summed E-state index contributed by atoms with van der Waals surface area (Å²) in [5.41, 5.74) is 2.08. The summed E-state index contributed by atoms with van der Waals surface area (Å²) in [4.78, 5) is 0. The van der Waals surface area contributed by atoms with Crippen LogP contribution in [0.15, 0.2) is 24.3 Å². The molecular weight excluding hydrogens is 435 g/mol.